The van der Waals surface area contributed by atoms with Crippen molar-refractivity contribution in [3.05, 3.63) is 57.5 Å². The molecule has 2 rings (SSSR count). The van der Waals surface area contributed by atoms with E-state index in [1.165, 1.54) is 0 Å². The molecule has 0 saturated carbocycles. The summed E-state index contributed by atoms with van der Waals surface area (Å²) in [6.07, 6.45) is 0. The first-order valence-corrected chi connectivity index (χ1v) is 5.81. The molecule has 19 heavy (non-hydrogen) atoms. The van der Waals surface area contributed by atoms with Gasteiger partial charge in [-0.05, 0) is 5.56 Å². The molecule has 1 aromatic heterocycles. The number of hydrogen-bond donors (Lipinski definition) is 2. The second-order valence-electron chi connectivity index (χ2n) is 3.66. The molecule has 2 aromatic rings. The van der Waals surface area contributed by atoms with Gasteiger partial charge in [0.15, 0.2) is 5.15 Å². The number of aryl methyl sites for hydroxylation is 1. The van der Waals surface area contributed by atoms with Gasteiger partial charge in [-0.2, -0.15) is 5.10 Å². The number of nitrogens with one attached hydrogen (secondary N) is 1. The first-order valence-electron chi connectivity index (χ1n) is 7.43. The Morgan fingerprint density at radius 1 is 1.42 bits per heavy atom. The Labute approximate surface area is 121 Å². The van der Waals surface area contributed by atoms with Crippen LogP contribution in [-0.2, 0) is 13.0 Å². The summed E-state index contributed by atoms with van der Waals surface area (Å²) in [6, 6.07) is 10.3. The SMILES string of the molecule is [2H]C([2H])(O)C([2H])([2H])n1nc(Cl)c(NCc2ccccc2)cc1=O. The standard InChI is InChI=1S/C13H14ClN3O2/c14-13-11(8-12(19)17(16-13)6-7-18)15-9-10-4-2-1-3-5-10/h1-5,8,15,18H,6-7,9H2/i6D2,7D2. The number of aliphatic hydroxyl groups is 1. The number of aromatic nitrogens is 2. The lowest BCUT2D eigenvalue weighted by Gasteiger charge is -2.09. The lowest BCUT2D eigenvalue weighted by molar-refractivity contribution is 0.266. The number of nitrogens with zero attached hydrogens (tertiary/aromatic N) is 2. The third-order valence-electron chi connectivity index (χ3n) is 2.37. The first kappa shape index (κ1) is 9.12. The average Bonchev–Trinajstić information content (AvgIpc) is 2.47. The van der Waals surface area contributed by atoms with E-state index in [2.05, 4.69) is 10.4 Å². The molecule has 0 amide bonds. The van der Waals surface area contributed by atoms with E-state index in [0.29, 0.717) is 6.54 Å². The maximum Gasteiger partial charge on any atom is 0.268 e. The molecule has 0 radical (unpaired) electrons. The average molecular weight is 284 g/mol. The van der Waals surface area contributed by atoms with Crippen LogP contribution in [0.2, 0.25) is 5.15 Å². The zero-order valence-corrected chi connectivity index (χ0v) is 10.6. The van der Waals surface area contributed by atoms with Gasteiger partial charge < -0.3 is 10.4 Å². The fraction of sp³-hybridized carbons (Fsp3) is 0.231. The minimum absolute atomic E-state index is 0.184. The number of hydrogen-bond acceptors (Lipinski definition) is 4. The third kappa shape index (κ3) is 3.56. The summed E-state index contributed by atoms with van der Waals surface area (Å²) in [5.74, 6) is 0. The van der Waals surface area contributed by atoms with Crippen LogP contribution >= 0.6 is 11.6 Å². The summed E-state index contributed by atoms with van der Waals surface area (Å²) < 4.78 is 29.4. The van der Waals surface area contributed by atoms with Crippen molar-refractivity contribution in [2.45, 2.75) is 13.0 Å². The molecule has 0 bridgehead atoms. The Hall–Kier alpha value is -1.85. The number of benzene rings is 1. The molecule has 0 aliphatic heterocycles. The fourth-order valence-corrected chi connectivity index (χ4v) is 1.68. The Morgan fingerprint density at radius 2 is 2.16 bits per heavy atom. The monoisotopic (exact) mass is 283 g/mol. The van der Waals surface area contributed by atoms with Gasteiger partial charge in [-0.1, -0.05) is 41.9 Å². The highest BCUT2D eigenvalue weighted by atomic mass is 35.5. The summed E-state index contributed by atoms with van der Waals surface area (Å²) in [4.78, 5) is 12.0. The van der Waals surface area contributed by atoms with Crippen molar-refractivity contribution in [2.24, 2.45) is 0 Å². The molecule has 0 saturated heterocycles. The number of anilines is 1. The highest BCUT2D eigenvalue weighted by Gasteiger charge is 2.06. The van der Waals surface area contributed by atoms with Gasteiger partial charge in [-0.25, -0.2) is 4.68 Å². The van der Waals surface area contributed by atoms with Crippen molar-refractivity contribution in [1.82, 2.24) is 9.78 Å². The Balaban J connectivity index is 2.29. The van der Waals surface area contributed by atoms with Crippen molar-refractivity contribution < 1.29 is 10.6 Å². The summed E-state index contributed by atoms with van der Waals surface area (Å²) in [7, 11) is 0. The molecule has 5 nitrogen and oxygen atoms in total. The van der Waals surface area contributed by atoms with Crippen LogP contribution in [0.4, 0.5) is 5.69 Å². The molecule has 0 unspecified atom stereocenters. The third-order valence-corrected chi connectivity index (χ3v) is 2.65. The van der Waals surface area contributed by atoms with Gasteiger partial charge in [0, 0.05) is 12.6 Å². The Morgan fingerprint density at radius 3 is 2.84 bits per heavy atom. The molecule has 1 heterocycles. The molecule has 0 atom stereocenters. The van der Waals surface area contributed by atoms with Crippen LogP contribution in [0.5, 0.6) is 0 Å². The number of halogens is 1. The lowest BCUT2D eigenvalue weighted by atomic mass is 10.2. The summed E-state index contributed by atoms with van der Waals surface area (Å²) in [6.45, 7) is -5.99. The molecule has 1 aromatic carbocycles. The van der Waals surface area contributed by atoms with Crippen LogP contribution in [0, 0.1) is 0 Å². The van der Waals surface area contributed by atoms with Crippen LogP contribution < -0.4 is 10.9 Å². The summed E-state index contributed by atoms with van der Waals surface area (Å²) in [5, 5.41) is 15.5. The van der Waals surface area contributed by atoms with Gasteiger partial charge in [0.2, 0.25) is 0 Å². The number of rotatable bonds is 5. The molecule has 2 N–H and O–H groups in total. The van der Waals surface area contributed by atoms with Crippen molar-refractivity contribution in [2.75, 3.05) is 11.9 Å². The van der Waals surface area contributed by atoms with Crippen LogP contribution in [0.15, 0.2) is 41.2 Å². The van der Waals surface area contributed by atoms with Crippen LogP contribution in [-0.4, -0.2) is 21.4 Å². The van der Waals surface area contributed by atoms with E-state index >= 15 is 0 Å². The minimum atomic E-state index is -3.30. The molecule has 100 valence electrons. The van der Waals surface area contributed by atoms with Crippen LogP contribution in [0.3, 0.4) is 0 Å². The van der Waals surface area contributed by atoms with Crippen molar-refractivity contribution >= 4 is 17.3 Å². The molecule has 0 aliphatic carbocycles. The fourth-order valence-electron chi connectivity index (χ4n) is 1.48. The summed E-state index contributed by atoms with van der Waals surface area (Å²) >= 11 is 5.92. The zero-order chi connectivity index (χ0) is 17.3. The largest absolute Gasteiger partial charge is 0.394 e. The quantitative estimate of drug-likeness (QED) is 0.873. The lowest BCUT2D eigenvalue weighted by Crippen LogP contribution is -2.24. The molecule has 0 spiro atoms. The van der Waals surface area contributed by atoms with E-state index in [9.17, 15) is 9.90 Å². The Kier molecular flexibility index (Phi) is 3.05. The van der Waals surface area contributed by atoms with E-state index in [-0.39, 0.29) is 15.5 Å². The maximum absolute atomic E-state index is 12.0. The van der Waals surface area contributed by atoms with Gasteiger partial charge in [0.25, 0.3) is 5.56 Å². The molecule has 6 heteroatoms. The minimum Gasteiger partial charge on any atom is -0.394 e. The molecule has 0 aliphatic rings. The van der Waals surface area contributed by atoms with E-state index in [0.717, 1.165) is 11.6 Å². The van der Waals surface area contributed by atoms with E-state index in [4.69, 9.17) is 17.1 Å². The maximum atomic E-state index is 12.0. The van der Waals surface area contributed by atoms with Gasteiger partial charge in [-0.3, -0.25) is 4.79 Å². The topological polar surface area (TPSA) is 67.2 Å². The van der Waals surface area contributed by atoms with Crippen LogP contribution in [0.1, 0.15) is 11.0 Å². The van der Waals surface area contributed by atoms with Gasteiger partial charge in [0.05, 0.1) is 24.2 Å². The predicted octanol–water partition coefficient (Wildman–Crippen LogP) is 1.50. The predicted molar refractivity (Wildman–Crippen MR) is 74.4 cm³/mol. The summed E-state index contributed by atoms with van der Waals surface area (Å²) in [5.41, 5.74) is 0.189. The second kappa shape index (κ2) is 6.36. The van der Waals surface area contributed by atoms with E-state index < -0.39 is 18.6 Å². The zero-order valence-electron chi connectivity index (χ0n) is 13.8. The smallest absolute Gasteiger partial charge is 0.268 e. The Bertz CT molecular complexity index is 747. The van der Waals surface area contributed by atoms with Gasteiger partial charge >= 0.3 is 0 Å². The molecular weight excluding hydrogens is 266 g/mol. The van der Waals surface area contributed by atoms with Crippen molar-refractivity contribution in [3.8, 4) is 0 Å². The van der Waals surface area contributed by atoms with Gasteiger partial charge in [-0.15, -0.1) is 0 Å². The van der Waals surface area contributed by atoms with Crippen molar-refractivity contribution in [3.63, 3.8) is 0 Å². The second-order valence-corrected chi connectivity index (χ2v) is 4.02. The normalized spacial score (nSPS) is 15.1. The first-order chi connectivity index (χ1) is 10.6. The highest BCUT2D eigenvalue weighted by molar-refractivity contribution is 6.31. The van der Waals surface area contributed by atoms with E-state index in [1.807, 2.05) is 30.3 Å². The van der Waals surface area contributed by atoms with Crippen LogP contribution in [0.25, 0.3) is 0 Å². The molecule has 0 fully saturated rings. The molecular formula is C13H14ClN3O2. The van der Waals surface area contributed by atoms with E-state index in [1.54, 1.807) is 0 Å². The highest BCUT2D eigenvalue weighted by Crippen LogP contribution is 2.16. The van der Waals surface area contributed by atoms with Crippen molar-refractivity contribution in [1.29, 1.82) is 0 Å². The van der Waals surface area contributed by atoms with Gasteiger partial charge in [0.1, 0.15) is 0 Å².